The van der Waals surface area contributed by atoms with Crippen LogP contribution in [0.1, 0.15) is 25.3 Å². The number of hydrogen-bond donors (Lipinski definition) is 1. The van der Waals surface area contributed by atoms with Crippen LogP contribution < -0.4 is 5.73 Å². The van der Waals surface area contributed by atoms with Gasteiger partial charge in [0.15, 0.2) is 0 Å². The topological polar surface area (TPSA) is 98.9 Å². The Labute approximate surface area is 181 Å². The Bertz CT molecular complexity index is 975. The Morgan fingerprint density at radius 3 is 2.52 bits per heavy atom. The van der Waals surface area contributed by atoms with Gasteiger partial charge in [0.2, 0.25) is 5.91 Å². The molecule has 2 heterocycles. The molecule has 1 amide bonds. The zero-order valence-corrected chi connectivity index (χ0v) is 18.2. The van der Waals surface area contributed by atoms with Crippen molar-refractivity contribution >= 4 is 52.8 Å². The predicted molar refractivity (Wildman–Crippen MR) is 110 cm³/mol. The van der Waals surface area contributed by atoms with Gasteiger partial charge in [-0.1, -0.05) is 41.0 Å². The second-order valence-electron chi connectivity index (χ2n) is 6.26. The van der Waals surface area contributed by atoms with Gasteiger partial charge in [-0.15, -0.1) is 0 Å². The van der Waals surface area contributed by atoms with Crippen LogP contribution in [0.4, 0.5) is 0 Å². The van der Waals surface area contributed by atoms with Crippen LogP contribution in [0.25, 0.3) is 0 Å². The summed E-state index contributed by atoms with van der Waals surface area (Å²) >= 11 is 13.6. The van der Waals surface area contributed by atoms with Crippen LogP contribution in [0.2, 0.25) is 10.0 Å². The Hall–Kier alpha value is -2.16. The van der Waals surface area contributed by atoms with Crippen molar-refractivity contribution in [2.75, 3.05) is 13.7 Å². The maximum atomic E-state index is 12.9. The molecule has 29 heavy (non-hydrogen) atoms. The number of halogens is 2. The number of carbonyl (C=O) groups is 3. The number of nitrogens with two attached hydrogens (primary N) is 1. The lowest BCUT2D eigenvalue weighted by Gasteiger charge is -2.33. The van der Waals surface area contributed by atoms with E-state index in [1.807, 2.05) is 0 Å². The number of carbonyl (C=O) groups excluding carboxylic acids is 3. The SMILES string of the molecule is CCOC(=O)C1=C(N)N2C(=O)[C@@H](C)SC2=C(C(=O)OC)[C@H]1c1ccc(Cl)cc1Cl. The number of ether oxygens (including phenoxy) is 2. The van der Waals surface area contributed by atoms with Crippen LogP contribution in [0.15, 0.2) is 40.2 Å². The number of thioether (sulfide) groups is 1. The molecule has 154 valence electrons. The number of fused-ring (bicyclic) bond motifs is 1. The van der Waals surface area contributed by atoms with Crippen LogP contribution in [0.3, 0.4) is 0 Å². The molecule has 2 N–H and O–H groups in total. The Morgan fingerprint density at radius 1 is 1.24 bits per heavy atom. The first kappa shape index (κ1) is 21.5. The average molecular weight is 457 g/mol. The normalized spacial score (nSPS) is 21.4. The largest absolute Gasteiger partial charge is 0.466 e. The average Bonchev–Trinajstić information content (AvgIpc) is 2.96. The van der Waals surface area contributed by atoms with Crippen molar-refractivity contribution in [3.05, 3.63) is 55.8 Å². The number of benzene rings is 1. The number of nitrogens with zero attached hydrogens (tertiary/aromatic N) is 1. The molecule has 0 spiro atoms. The molecule has 3 rings (SSSR count). The van der Waals surface area contributed by atoms with Gasteiger partial charge in [-0.05, 0) is 31.5 Å². The van der Waals surface area contributed by atoms with Crippen molar-refractivity contribution < 1.29 is 23.9 Å². The summed E-state index contributed by atoms with van der Waals surface area (Å²) in [6, 6.07) is 4.69. The highest BCUT2D eigenvalue weighted by molar-refractivity contribution is 8.04. The fourth-order valence-corrected chi connectivity index (χ4v) is 4.97. The smallest absolute Gasteiger partial charge is 0.338 e. The molecule has 0 unspecified atom stereocenters. The fraction of sp³-hybridized carbons (Fsp3) is 0.316. The summed E-state index contributed by atoms with van der Waals surface area (Å²) in [6.07, 6.45) is 0. The van der Waals surface area contributed by atoms with E-state index in [1.54, 1.807) is 26.0 Å². The second-order valence-corrected chi connectivity index (χ2v) is 8.44. The lowest BCUT2D eigenvalue weighted by atomic mass is 9.82. The van der Waals surface area contributed by atoms with Crippen LogP contribution in [0, 0.1) is 0 Å². The van der Waals surface area contributed by atoms with E-state index in [9.17, 15) is 14.4 Å². The van der Waals surface area contributed by atoms with Crippen molar-refractivity contribution in [1.29, 1.82) is 0 Å². The van der Waals surface area contributed by atoms with E-state index in [-0.39, 0.29) is 34.5 Å². The molecule has 7 nitrogen and oxygen atoms in total. The third-order valence-electron chi connectivity index (χ3n) is 4.56. The minimum absolute atomic E-state index is 0.0525. The monoisotopic (exact) mass is 456 g/mol. The van der Waals surface area contributed by atoms with Gasteiger partial charge in [0, 0.05) is 10.0 Å². The third-order valence-corrected chi connectivity index (χ3v) is 6.30. The number of rotatable bonds is 4. The Morgan fingerprint density at radius 2 is 1.93 bits per heavy atom. The van der Waals surface area contributed by atoms with Gasteiger partial charge < -0.3 is 15.2 Å². The Kier molecular flexibility index (Phi) is 6.16. The van der Waals surface area contributed by atoms with E-state index in [0.717, 1.165) is 0 Å². The second kappa shape index (κ2) is 8.30. The van der Waals surface area contributed by atoms with Crippen LogP contribution >= 0.6 is 35.0 Å². The van der Waals surface area contributed by atoms with Crippen molar-refractivity contribution in [3.63, 3.8) is 0 Å². The molecule has 0 saturated carbocycles. The maximum absolute atomic E-state index is 12.9. The summed E-state index contributed by atoms with van der Waals surface area (Å²) in [7, 11) is 1.22. The van der Waals surface area contributed by atoms with E-state index in [1.165, 1.54) is 29.8 Å². The van der Waals surface area contributed by atoms with Crippen LogP contribution in [-0.2, 0) is 23.9 Å². The number of amides is 1. The highest BCUT2D eigenvalue weighted by atomic mass is 35.5. The lowest BCUT2D eigenvalue weighted by molar-refractivity contribution is -0.139. The van der Waals surface area contributed by atoms with Crippen molar-refractivity contribution in [3.8, 4) is 0 Å². The van der Waals surface area contributed by atoms with Gasteiger partial charge >= 0.3 is 11.9 Å². The number of methoxy groups -OCH3 is 1. The van der Waals surface area contributed by atoms with Gasteiger partial charge in [0.05, 0.1) is 41.1 Å². The molecule has 0 aliphatic carbocycles. The summed E-state index contributed by atoms with van der Waals surface area (Å²) in [5, 5.41) is 0.439. The third kappa shape index (κ3) is 3.60. The highest BCUT2D eigenvalue weighted by Gasteiger charge is 2.49. The van der Waals surface area contributed by atoms with Crippen molar-refractivity contribution in [2.45, 2.75) is 25.0 Å². The summed E-state index contributed by atoms with van der Waals surface area (Å²) in [5.74, 6) is -2.87. The van der Waals surface area contributed by atoms with Crippen molar-refractivity contribution in [1.82, 2.24) is 4.90 Å². The van der Waals surface area contributed by atoms with Gasteiger partial charge in [0.25, 0.3) is 0 Å². The Balaban J connectivity index is 2.34. The molecule has 2 aliphatic heterocycles. The molecule has 1 fully saturated rings. The van der Waals surface area contributed by atoms with Gasteiger partial charge in [-0.2, -0.15) is 0 Å². The number of hydrogen-bond acceptors (Lipinski definition) is 7. The number of esters is 2. The molecule has 0 radical (unpaired) electrons. The van der Waals surface area contributed by atoms with Crippen LogP contribution in [-0.4, -0.2) is 41.7 Å². The predicted octanol–water partition coefficient (Wildman–Crippen LogP) is 3.17. The molecule has 1 aromatic carbocycles. The molecule has 0 aromatic heterocycles. The van der Waals surface area contributed by atoms with Crippen LogP contribution in [0.5, 0.6) is 0 Å². The molecule has 2 atom stereocenters. The highest BCUT2D eigenvalue weighted by Crippen LogP contribution is 2.50. The van der Waals surface area contributed by atoms with E-state index < -0.39 is 23.1 Å². The van der Waals surface area contributed by atoms with Gasteiger partial charge in [0.1, 0.15) is 5.82 Å². The maximum Gasteiger partial charge on any atom is 0.338 e. The molecule has 1 saturated heterocycles. The summed E-state index contributed by atoms with van der Waals surface area (Å²) in [6.45, 7) is 3.41. The van der Waals surface area contributed by atoms with E-state index in [4.69, 9.17) is 38.4 Å². The molecule has 2 aliphatic rings. The molecular weight excluding hydrogens is 439 g/mol. The zero-order chi connectivity index (χ0) is 21.5. The summed E-state index contributed by atoms with van der Waals surface area (Å²) in [4.78, 5) is 39.5. The molecule has 10 heteroatoms. The first-order chi connectivity index (χ1) is 13.7. The fourth-order valence-electron chi connectivity index (χ4n) is 3.29. The lowest BCUT2D eigenvalue weighted by Crippen LogP contribution is -2.40. The molecule has 1 aromatic rings. The zero-order valence-electron chi connectivity index (χ0n) is 15.8. The van der Waals surface area contributed by atoms with Crippen molar-refractivity contribution in [2.24, 2.45) is 5.73 Å². The first-order valence-electron chi connectivity index (χ1n) is 8.67. The quantitative estimate of drug-likeness (QED) is 0.694. The minimum atomic E-state index is -0.983. The molecule has 0 bridgehead atoms. The summed E-state index contributed by atoms with van der Waals surface area (Å²) < 4.78 is 10.1. The minimum Gasteiger partial charge on any atom is -0.466 e. The van der Waals surface area contributed by atoms with E-state index >= 15 is 0 Å². The van der Waals surface area contributed by atoms with Gasteiger partial charge in [-0.3, -0.25) is 9.69 Å². The van der Waals surface area contributed by atoms with E-state index in [2.05, 4.69) is 0 Å². The summed E-state index contributed by atoms with van der Waals surface area (Å²) in [5.41, 5.74) is 6.74. The first-order valence-corrected chi connectivity index (χ1v) is 10.3. The molecular formula is C19H18Cl2N2O5S. The van der Waals surface area contributed by atoms with E-state index in [0.29, 0.717) is 15.6 Å². The standard InChI is InChI=1S/C19H18Cl2N2O5S/c1-4-28-19(26)13-12(10-6-5-9(20)7-11(10)21)14(18(25)27-3)17-23(15(13)22)16(24)8(2)29-17/h5-8,12H,4,22H2,1-3H3/t8-,12+/m1/s1. The van der Waals surface area contributed by atoms with Gasteiger partial charge in [-0.25, -0.2) is 9.59 Å².